The zero-order chi connectivity index (χ0) is 12.7. The fraction of sp³-hybridized carbons (Fsp3) is 0.750. The highest BCUT2D eigenvalue weighted by Gasteiger charge is 2.24. The van der Waals surface area contributed by atoms with Crippen molar-refractivity contribution in [3.63, 3.8) is 0 Å². The first-order valence-corrected chi connectivity index (χ1v) is 4.71. The van der Waals surface area contributed by atoms with Crippen molar-refractivity contribution in [1.29, 1.82) is 0 Å². The number of rotatable bonds is 6. The van der Waals surface area contributed by atoms with Crippen LogP contribution in [0.25, 0.3) is 0 Å². The van der Waals surface area contributed by atoms with E-state index in [0.29, 0.717) is 0 Å². The van der Waals surface area contributed by atoms with Crippen LogP contribution < -0.4 is 16.8 Å². The van der Waals surface area contributed by atoms with Crippen molar-refractivity contribution in [2.24, 2.45) is 11.5 Å². The maximum Gasteiger partial charge on any atom is 0.318 e. The van der Waals surface area contributed by atoms with Crippen LogP contribution in [-0.2, 0) is 4.79 Å². The van der Waals surface area contributed by atoms with Gasteiger partial charge in [-0.1, -0.05) is 0 Å². The third kappa shape index (κ3) is 5.56. The number of hydrogen-bond acceptors (Lipinski definition) is 4. The second kappa shape index (κ2) is 7.07. The van der Waals surface area contributed by atoms with Gasteiger partial charge >= 0.3 is 6.03 Å². The molecule has 0 aromatic heterocycles. The Kier molecular flexibility index (Phi) is 6.50. The van der Waals surface area contributed by atoms with Crippen LogP contribution in [0.15, 0.2) is 0 Å². The van der Waals surface area contributed by atoms with Gasteiger partial charge in [-0.3, -0.25) is 15.0 Å². The summed E-state index contributed by atoms with van der Waals surface area (Å²) in [6, 6.07) is -1.90. The molecule has 8 heteroatoms. The van der Waals surface area contributed by atoms with E-state index in [0.717, 1.165) is 0 Å². The van der Waals surface area contributed by atoms with Crippen LogP contribution in [0.5, 0.6) is 0 Å². The number of urea groups is 1. The molecule has 6 nitrogen and oxygen atoms in total. The Morgan fingerprint density at radius 1 is 1.44 bits per heavy atom. The lowest BCUT2D eigenvalue weighted by Gasteiger charge is -2.26. The second-order valence-corrected chi connectivity index (χ2v) is 3.20. The van der Waals surface area contributed by atoms with Gasteiger partial charge in [-0.15, -0.1) is 0 Å². The number of hydrogen-bond donors (Lipinski definition) is 3. The smallest absolute Gasteiger partial charge is 0.318 e. The highest BCUT2D eigenvalue weighted by atomic mass is 19.3. The Balaban J connectivity index is 4.40. The summed E-state index contributed by atoms with van der Waals surface area (Å²) >= 11 is 0. The molecular weight excluding hydrogens is 222 g/mol. The average Bonchev–Trinajstić information content (AvgIpc) is 2.14. The Labute approximate surface area is 91.9 Å². The summed E-state index contributed by atoms with van der Waals surface area (Å²) in [4.78, 5) is 22.9. The number of carbonyl (C=O) groups is 2. The molecule has 94 valence electrons. The van der Waals surface area contributed by atoms with Gasteiger partial charge in [0.1, 0.15) is 0 Å². The van der Waals surface area contributed by atoms with Crippen LogP contribution in [0.4, 0.5) is 13.6 Å². The minimum Gasteiger partial charge on any atom is -0.351 e. The zero-order valence-corrected chi connectivity index (χ0v) is 8.95. The number of amides is 3. The molecule has 5 N–H and O–H groups in total. The molecule has 0 fully saturated rings. The van der Waals surface area contributed by atoms with Gasteiger partial charge in [-0.2, -0.15) is 0 Å². The number of halogens is 2. The molecule has 3 amide bonds. The lowest BCUT2D eigenvalue weighted by molar-refractivity contribution is -0.125. The minimum atomic E-state index is -2.57. The molecule has 0 bridgehead atoms. The third-order valence-corrected chi connectivity index (χ3v) is 1.96. The van der Waals surface area contributed by atoms with Crippen molar-refractivity contribution in [3.05, 3.63) is 0 Å². The summed E-state index contributed by atoms with van der Waals surface area (Å²) in [6.45, 7) is 1.10. The van der Waals surface area contributed by atoms with Crippen molar-refractivity contribution in [3.8, 4) is 0 Å². The van der Waals surface area contributed by atoms with E-state index in [2.05, 4.69) is 0 Å². The van der Waals surface area contributed by atoms with E-state index in [1.54, 1.807) is 0 Å². The van der Waals surface area contributed by atoms with E-state index in [1.807, 2.05) is 5.32 Å². The van der Waals surface area contributed by atoms with Crippen molar-refractivity contribution in [2.75, 3.05) is 19.6 Å². The van der Waals surface area contributed by atoms with Crippen LogP contribution in [0, 0.1) is 0 Å². The fourth-order valence-corrected chi connectivity index (χ4v) is 1.18. The Hall–Kier alpha value is -1.28. The highest BCUT2D eigenvalue weighted by molar-refractivity contribution is 5.96. The van der Waals surface area contributed by atoms with E-state index in [4.69, 9.17) is 11.5 Å². The monoisotopic (exact) mass is 238 g/mol. The first-order valence-electron chi connectivity index (χ1n) is 4.71. The molecule has 16 heavy (non-hydrogen) atoms. The van der Waals surface area contributed by atoms with E-state index < -0.39 is 31.0 Å². The standard InChI is InChI=1S/C8H16F2N4O2/c1-5(7(15)13-8(12)16)14(3-2-11)4-6(9)10/h5-6H,2-4,11H2,1H3,(H3,12,13,15,16). The van der Waals surface area contributed by atoms with Crippen LogP contribution >= 0.6 is 0 Å². The third-order valence-electron chi connectivity index (χ3n) is 1.96. The van der Waals surface area contributed by atoms with Crippen LogP contribution in [0.3, 0.4) is 0 Å². The van der Waals surface area contributed by atoms with E-state index in [-0.39, 0.29) is 13.1 Å². The summed E-state index contributed by atoms with van der Waals surface area (Å²) in [7, 11) is 0. The van der Waals surface area contributed by atoms with Gasteiger partial charge in [0.15, 0.2) is 0 Å². The lowest BCUT2D eigenvalue weighted by Crippen LogP contribution is -2.50. The number of imide groups is 1. The summed E-state index contributed by atoms with van der Waals surface area (Å²) in [6.07, 6.45) is -2.57. The molecular formula is C8H16F2N4O2. The molecule has 0 aliphatic rings. The molecule has 0 aliphatic carbocycles. The lowest BCUT2D eigenvalue weighted by atomic mass is 10.2. The summed E-state index contributed by atoms with van der Waals surface area (Å²) in [5, 5.41) is 1.83. The number of carbonyl (C=O) groups excluding carboxylic acids is 2. The molecule has 1 unspecified atom stereocenters. The average molecular weight is 238 g/mol. The Morgan fingerprint density at radius 2 is 2.00 bits per heavy atom. The normalized spacial score (nSPS) is 12.9. The molecule has 0 spiro atoms. The van der Waals surface area contributed by atoms with Gasteiger partial charge in [-0.05, 0) is 6.92 Å². The van der Waals surface area contributed by atoms with Gasteiger partial charge in [0, 0.05) is 13.1 Å². The van der Waals surface area contributed by atoms with E-state index in [1.165, 1.54) is 11.8 Å². The molecule has 0 radical (unpaired) electrons. The van der Waals surface area contributed by atoms with Crippen molar-refractivity contribution in [1.82, 2.24) is 10.2 Å². The molecule has 0 heterocycles. The number of nitrogens with one attached hydrogen (secondary N) is 1. The number of alkyl halides is 2. The molecule has 0 saturated heterocycles. The second-order valence-electron chi connectivity index (χ2n) is 3.20. The molecule has 0 saturated carbocycles. The first kappa shape index (κ1) is 14.7. The molecule has 1 atom stereocenters. The summed E-state index contributed by atoms with van der Waals surface area (Å²) in [5.74, 6) is -0.721. The number of nitrogens with two attached hydrogens (primary N) is 2. The molecule has 0 aromatic carbocycles. The van der Waals surface area contributed by atoms with E-state index >= 15 is 0 Å². The Morgan fingerprint density at radius 3 is 2.38 bits per heavy atom. The van der Waals surface area contributed by atoms with Gasteiger partial charge in [0.05, 0.1) is 12.6 Å². The minimum absolute atomic E-state index is 0.137. The summed E-state index contributed by atoms with van der Waals surface area (Å²) in [5.41, 5.74) is 9.98. The maximum atomic E-state index is 12.2. The highest BCUT2D eigenvalue weighted by Crippen LogP contribution is 2.03. The van der Waals surface area contributed by atoms with Gasteiger partial charge in [-0.25, -0.2) is 13.6 Å². The van der Waals surface area contributed by atoms with Crippen molar-refractivity contribution >= 4 is 11.9 Å². The SMILES string of the molecule is CC(C(=O)NC(N)=O)N(CCN)CC(F)F. The van der Waals surface area contributed by atoms with Gasteiger partial charge in [0.2, 0.25) is 5.91 Å². The van der Waals surface area contributed by atoms with Crippen molar-refractivity contribution < 1.29 is 18.4 Å². The zero-order valence-electron chi connectivity index (χ0n) is 8.95. The fourth-order valence-electron chi connectivity index (χ4n) is 1.18. The first-order chi connectivity index (χ1) is 7.38. The summed E-state index contributed by atoms with van der Waals surface area (Å²) < 4.78 is 24.4. The molecule has 0 aliphatic heterocycles. The number of primary amides is 1. The van der Waals surface area contributed by atoms with Crippen LogP contribution in [0.2, 0.25) is 0 Å². The number of nitrogens with zero attached hydrogens (tertiary/aromatic N) is 1. The predicted molar refractivity (Wildman–Crippen MR) is 53.8 cm³/mol. The largest absolute Gasteiger partial charge is 0.351 e. The van der Waals surface area contributed by atoms with Gasteiger partial charge in [0.25, 0.3) is 6.43 Å². The predicted octanol–water partition coefficient (Wildman–Crippen LogP) is -0.904. The van der Waals surface area contributed by atoms with Crippen LogP contribution in [0.1, 0.15) is 6.92 Å². The van der Waals surface area contributed by atoms with Crippen molar-refractivity contribution in [2.45, 2.75) is 19.4 Å². The Bertz CT molecular complexity index is 250. The van der Waals surface area contributed by atoms with E-state index in [9.17, 15) is 18.4 Å². The molecule has 0 aromatic rings. The van der Waals surface area contributed by atoms with Crippen LogP contribution in [-0.4, -0.2) is 48.9 Å². The molecule has 0 rings (SSSR count). The quantitative estimate of drug-likeness (QED) is 0.558. The maximum absolute atomic E-state index is 12.2. The van der Waals surface area contributed by atoms with Gasteiger partial charge < -0.3 is 11.5 Å². The topological polar surface area (TPSA) is 101 Å².